The first kappa shape index (κ1) is 29.8. The molecule has 1 fully saturated rings. The Bertz CT molecular complexity index is 1300. The predicted octanol–water partition coefficient (Wildman–Crippen LogP) is 6.49. The Kier molecular flexibility index (Phi) is 10.0. The summed E-state index contributed by atoms with van der Waals surface area (Å²) >= 11 is 6.46. The number of halogens is 1. The van der Waals surface area contributed by atoms with Crippen LogP contribution in [0.1, 0.15) is 61.8 Å². The zero-order valence-corrected chi connectivity index (χ0v) is 24.9. The largest absolute Gasteiger partial charge is 0.383 e. The molecule has 2 heterocycles. The number of anilines is 4. The highest BCUT2D eigenvalue weighted by molar-refractivity contribution is 6.32. The number of aromatic nitrogens is 2. The minimum Gasteiger partial charge on any atom is -0.383 e. The van der Waals surface area contributed by atoms with Gasteiger partial charge in [-0.1, -0.05) is 50.6 Å². The molecule has 3 aromatic rings. The molecule has 0 radical (unpaired) electrons. The minimum absolute atomic E-state index is 0.170. The number of likely N-dealkylation sites (tertiary alicyclic amines) is 1. The number of nitrogens with one attached hydrogen (secondary N) is 3. The molecular weight excluding hydrogens is 524 g/mol. The van der Waals surface area contributed by atoms with E-state index >= 15 is 0 Å². The van der Waals surface area contributed by atoms with E-state index in [0.29, 0.717) is 35.7 Å². The molecule has 214 valence electrons. The van der Waals surface area contributed by atoms with E-state index in [1.165, 1.54) is 11.1 Å². The van der Waals surface area contributed by atoms with Gasteiger partial charge in [-0.25, -0.2) is 4.98 Å². The Labute approximate surface area is 242 Å². The number of carbonyl (C=O) groups is 1. The van der Waals surface area contributed by atoms with Crippen LogP contribution in [0, 0.1) is 6.92 Å². The number of carbonyl (C=O) groups excluding carboxylic acids is 1. The summed E-state index contributed by atoms with van der Waals surface area (Å²) in [4.78, 5) is 22.7. The summed E-state index contributed by atoms with van der Waals surface area (Å²) < 4.78 is 5.23. The Morgan fingerprint density at radius 2 is 1.95 bits per heavy atom. The van der Waals surface area contributed by atoms with Crippen molar-refractivity contribution in [3.05, 3.63) is 69.9 Å². The van der Waals surface area contributed by atoms with Gasteiger partial charge in [-0.2, -0.15) is 4.98 Å². The van der Waals surface area contributed by atoms with E-state index in [-0.39, 0.29) is 5.41 Å². The third-order valence-corrected chi connectivity index (χ3v) is 7.75. The van der Waals surface area contributed by atoms with Crippen LogP contribution in [0.25, 0.3) is 0 Å². The maximum atomic E-state index is 11.2. The Balaban J connectivity index is 1.44. The van der Waals surface area contributed by atoms with E-state index in [1.807, 2.05) is 18.2 Å². The van der Waals surface area contributed by atoms with Crippen molar-refractivity contribution in [1.29, 1.82) is 0 Å². The average molecular weight is 565 g/mol. The number of hydrogen-bond donors (Lipinski definition) is 3. The fraction of sp³-hybridized carbons (Fsp3) is 0.452. The van der Waals surface area contributed by atoms with Gasteiger partial charge in [0, 0.05) is 31.6 Å². The summed E-state index contributed by atoms with van der Waals surface area (Å²) in [5, 5.41) is 9.98. The molecule has 4 rings (SSSR count). The molecule has 2 aromatic carbocycles. The van der Waals surface area contributed by atoms with Crippen molar-refractivity contribution in [1.82, 2.24) is 14.9 Å². The van der Waals surface area contributed by atoms with Crippen molar-refractivity contribution in [3.8, 4) is 0 Å². The number of hydrogen-bond acceptors (Lipinski definition) is 7. The Hall–Kier alpha value is -3.20. The van der Waals surface area contributed by atoms with Crippen molar-refractivity contribution in [3.63, 3.8) is 0 Å². The van der Waals surface area contributed by atoms with Gasteiger partial charge < -0.3 is 25.6 Å². The maximum absolute atomic E-state index is 11.2. The number of piperidine rings is 1. The van der Waals surface area contributed by atoms with E-state index in [9.17, 15) is 4.79 Å². The quantitative estimate of drug-likeness (QED) is 0.229. The predicted molar refractivity (Wildman–Crippen MR) is 164 cm³/mol. The highest BCUT2D eigenvalue weighted by Crippen LogP contribution is 2.34. The SMILES string of the molecule is COCCN1CCC(c2ccc(Nc3ncc(Cl)c(NCc4cccc(NC=O)c4C(C)(C)C)n3)cc2C)CC1. The molecule has 0 saturated carbocycles. The highest BCUT2D eigenvalue weighted by atomic mass is 35.5. The molecule has 1 aliphatic heterocycles. The van der Waals surface area contributed by atoms with Crippen LogP contribution < -0.4 is 16.0 Å². The van der Waals surface area contributed by atoms with Crippen molar-refractivity contribution in [2.24, 2.45) is 0 Å². The number of aryl methyl sites for hydroxylation is 1. The molecule has 0 atom stereocenters. The Morgan fingerprint density at radius 3 is 2.62 bits per heavy atom. The lowest BCUT2D eigenvalue weighted by molar-refractivity contribution is -0.105. The van der Waals surface area contributed by atoms with Crippen molar-refractivity contribution >= 4 is 41.2 Å². The molecule has 40 heavy (non-hydrogen) atoms. The number of rotatable bonds is 11. The standard InChI is InChI=1S/C31H41ClN6O2/c1-21-17-24(9-10-25(21)22-11-13-38(14-12-22)15-16-40-5)36-30-34-19-26(32)29(37-30)33-18-23-7-6-8-27(35-20-39)28(23)31(2,3)4/h6-10,17,19-20,22H,11-16,18H2,1-5H3,(H,35,39)(H2,33,34,36,37). The van der Waals surface area contributed by atoms with Gasteiger partial charge >= 0.3 is 0 Å². The summed E-state index contributed by atoms with van der Waals surface area (Å²) in [6, 6.07) is 12.4. The van der Waals surface area contributed by atoms with Gasteiger partial charge in [-0.05, 0) is 84.6 Å². The van der Waals surface area contributed by atoms with Gasteiger partial charge in [0.1, 0.15) is 5.02 Å². The monoisotopic (exact) mass is 564 g/mol. The van der Waals surface area contributed by atoms with Crippen LogP contribution in [0.2, 0.25) is 5.02 Å². The molecule has 0 aliphatic carbocycles. The molecule has 8 nitrogen and oxygen atoms in total. The Morgan fingerprint density at radius 1 is 1.18 bits per heavy atom. The van der Waals surface area contributed by atoms with Crippen LogP contribution in [-0.4, -0.2) is 54.6 Å². The highest BCUT2D eigenvalue weighted by Gasteiger charge is 2.23. The van der Waals surface area contributed by atoms with Crippen molar-refractivity contribution in [2.75, 3.05) is 49.3 Å². The second kappa shape index (κ2) is 13.4. The first-order chi connectivity index (χ1) is 19.2. The molecule has 1 saturated heterocycles. The fourth-order valence-electron chi connectivity index (χ4n) is 5.58. The third-order valence-electron chi connectivity index (χ3n) is 7.47. The number of amides is 1. The van der Waals surface area contributed by atoms with Gasteiger partial charge in [0.15, 0.2) is 5.82 Å². The van der Waals surface area contributed by atoms with Crippen LogP contribution in [0.5, 0.6) is 0 Å². The minimum atomic E-state index is -0.170. The second-order valence-corrected chi connectivity index (χ2v) is 11.8. The van der Waals surface area contributed by atoms with Crippen LogP contribution >= 0.6 is 11.6 Å². The normalized spacial score (nSPS) is 14.7. The summed E-state index contributed by atoms with van der Waals surface area (Å²) in [5.74, 6) is 1.59. The second-order valence-electron chi connectivity index (χ2n) is 11.4. The van der Waals surface area contributed by atoms with E-state index in [1.54, 1.807) is 13.3 Å². The lowest BCUT2D eigenvalue weighted by Crippen LogP contribution is -2.35. The maximum Gasteiger partial charge on any atom is 0.229 e. The molecule has 1 aliphatic rings. The zero-order chi connectivity index (χ0) is 28.7. The number of benzene rings is 2. The van der Waals surface area contributed by atoms with Crippen molar-refractivity contribution in [2.45, 2.75) is 58.4 Å². The molecule has 0 bridgehead atoms. The van der Waals surface area contributed by atoms with Gasteiger partial charge in [0.25, 0.3) is 0 Å². The summed E-state index contributed by atoms with van der Waals surface area (Å²) in [5.41, 5.74) is 6.37. The first-order valence-electron chi connectivity index (χ1n) is 13.9. The summed E-state index contributed by atoms with van der Waals surface area (Å²) in [7, 11) is 1.76. The summed E-state index contributed by atoms with van der Waals surface area (Å²) in [6.07, 6.45) is 4.64. The lowest BCUT2D eigenvalue weighted by atomic mass is 9.82. The number of methoxy groups -OCH3 is 1. The molecule has 0 unspecified atom stereocenters. The van der Waals surface area contributed by atoms with E-state index in [0.717, 1.165) is 61.6 Å². The van der Waals surface area contributed by atoms with E-state index in [4.69, 9.17) is 16.3 Å². The lowest BCUT2D eigenvalue weighted by Gasteiger charge is -2.32. The van der Waals surface area contributed by atoms with E-state index in [2.05, 4.69) is 76.7 Å². The topological polar surface area (TPSA) is 91.4 Å². The van der Waals surface area contributed by atoms with Crippen molar-refractivity contribution < 1.29 is 9.53 Å². The van der Waals surface area contributed by atoms with Gasteiger partial charge in [0.2, 0.25) is 12.4 Å². The first-order valence-corrected chi connectivity index (χ1v) is 14.2. The smallest absolute Gasteiger partial charge is 0.229 e. The fourth-order valence-corrected chi connectivity index (χ4v) is 5.73. The van der Waals surface area contributed by atoms with Gasteiger partial charge in [-0.3, -0.25) is 4.79 Å². The molecule has 0 spiro atoms. The molecular formula is C31H41ClN6O2. The van der Waals surface area contributed by atoms with Gasteiger partial charge in [0.05, 0.1) is 12.8 Å². The third kappa shape index (κ3) is 7.50. The zero-order valence-electron chi connectivity index (χ0n) is 24.2. The molecule has 1 aromatic heterocycles. The van der Waals surface area contributed by atoms with E-state index < -0.39 is 0 Å². The van der Waals surface area contributed by atoms with Crippen LogP contribution in [0.15, 0.2) is 42.6 Å². The molecule has 9 heteroatoms. The molecule has 3 N–H and O–H groups in total. The van der Waals surface area contributed by atoms with Gasteiger partial charge in [-0.15, -0.1) is 0 Å². The number of ether oxygens (including phenoxy) is 1. The number of nitrogens with zero attached hydrogens (tertiary/aromatic N) is 3. The molecule has 1 amide bonds. The summed E-state index contributed by atoms with van der Waals surface area (Å²) in [6.45, 7) is 13.1. The van der Waals surface area contributed by atoms with Crippen LogP contribution in [-0.2, 0) is 21.5 Å². The van der Waals surface area contributed by atoms with Crippen LogP contribution in [0.4, 0.5) is 23.1 Å². The average Bonchev–Trinajstić information content (AvgIpc) is 2.92. The van der Waals surface area contributed by atoms with Crippen LogP contribution in [0.3, 0.4) is 0 Å².